The lowest BCUT2D eigenvalue weighted by molar-refractivity contribution is -0.123. The van der Waals surface area contributed by atoms with Crippen LogP contribution in [0.25, 0.3) is 0 Å². The number of likely N-dealkylation sites (tertiary alicyclic amines) is 1. The zero-order chi connectivity index (χ0) is 20.2. The van der Waals surface area contributed by atoms with E-state index < -0.39 is 17.6 Å². The van der Waals surface area contributed by atoms with Gasteiger partial charge in [-0.2, -0.15) is 0 Å². The van der Waals surface area contributed by atoms with Gasteiger partial charge in [-0.3, -0.25) is 9.69 Å². The highest BCUT2D eigenvalue weighted by atomic mass is 16.3. The first-order valence-corrected chi connectivity index (χ1v) is 9.75. The lowest BCUT2D eigenvalue weighted by Gasteiger charge is -2.44. The Balaban J connectivity index is 1.85. The minimum absolute atomic E-state index is 0.00902. The number of nitrogens with zero attached hydrogens (tertiary/aromatic N) is 1. The van der Waals surface area contributed by atoms with Crippen LogP contribution in [0.3, 0.4) is 0 Å². The number of benzene rings is 1. The van der Waals surface area contributed by atoms with Gasteiger partial charge in [0.25, 0.3) is 0 Å². The van der Waals surface area contributed by atoms with Gasteiger partial charge in [0.05, 0.1) is 18.8 Å². The highest BCUT2D eigenvalue weighted by Gasteiger charge is 2.38. The van der Waals surface area contributed by atoms with Crippen LogP contribution in [0.1, 0.15) is 39.7 Å². The third-order valence-electron chi connectivity index (χ3n) is 5.42. The van der Waals surface area contributed by atoms with E-state index in [0.717, 1.165) is 25.1 Å². The molecule has 0 bridgehead atoms. The molecule has 4 unspecified atom stereocenters. The Bertz CT molecular complexity index is 612. The van der Waals surface area contributed by atoms with Gasteiger partial charge in [0, 0.05) is 29.6 Å². The highest BCUT2D eigenvalue weighted by Crippen LogP contribution is 2.24. The maximum Gasteiger partial charge on any atom is 0.229 e. The molecular formula is C21H34N2O4. The van der Waals surface area contributed by atoms with E-state index in [1.54, 1.807) is 0 Å². The Hall–Kier alpha value is -1.47. The third kappa shape index (κ3) is 5.75. The number of anilines is 1. The van der Waals surface area contributed by atoms with E-state index >= 15 is 0 Å². The summed E-state index contributed by atoms with van der Waals surface area (Å²) in [6, 6.07) is 7.73. The minimum atomic E-state index is -0.783. The van der Waals surface area contributed by atoms with Gasteiger partial charge in [0.2, 0.25) is 5.91 Å². The maximum atomic E-state index is 12.0. The first-order chi connectivity index (χ1) is 12.6. The van der Waals surface area contributed by atoms with E-state index in [9.17, 15) is 20.1 Å². The average Bonchev–Trinajstić information content (AvgIpc) is 2.60. The summed E-state index contributed by atoms with van der Waals surface area (Å²) in [6.45, 7) is 8.63. The molecule has 1 saturated heterocycles. The van der Waals surface area contributed by atoms with Gasteiger partial charge < -0.3 is 20.6 Å². The van der Waals surface area contributed by atoms with Crippen molar-refractivity contribution < 1.29 is 20.1 Å². The lowest BCUT2D eigenvalue weighted by atomic mass is 9.86. The van der Waals surface area contributed by atoms with Crippen LogP contribution in [-0.4, -0.2) is 64.1 Å². The van der Waals surface area contributed by atoms with Crippen molar-refractivity contribution in [1.82, 2.24) is 4.90 Å². The summed E-state index contributed by atoms with van der Waals surface area (Å²) in [5, 5.41) is 32.6. The number of aliphatic hydroxyl groups is 3. The summed E-state index contributed by atoms with van der Waals surface area (Å²) in [6.07, 6.45) is 0.206. The largest absolute Gasteiger partial charge is 0.395 e. The predicted molar refractivity (Wildman–Crippen MR) is 106 cm³/mol. The van der Waals surface area contributed by atoms with E-state index in [2.05, 4.69) is 10.2 Å². The Morgan fingerprint density at radius 2 is 1.85 bits per heavy atom. The molecule has 1 aromatic rings. The summed E-state index contributed by atoms with van der Waals surface area (Å²) in [5.74, 6) is -0.172. The van der Waals surface area contributed by atoms with Crippen LogP contribution in [0.5, 0.6) is 0 Å². The third-order valence-corrected chi connectivity index (χ3v) is 5.42. The molecule has 2 rings (SSSR count). The van der Waals surface area contributed by atoms with Crippen molar-refractivity contribution in [2.24, 2.45) is 11.3 Å². The van der Waals surface area contributed by atoms with Gasteiger partial charge in [-0.25, -0.2) is 0 Å². The molecule has 1 fully saturated rings. The van der Waals surface area contributed by atoms with Crippen LogP contribution in [0.2, 0.25) is 0 Å². The summed E-state index contributed by atoms with van der Waals surface area (Å²) in [5.41, 5.74) is 1.54. The number of aryl methyl sites for hydroxylation is 1. The molecule has 1 amide bonds. The van der Waals surface area contributed by atoms with Crippen LogP contribution >= 0.6 is 0 Å². The number of hydrogen-bond donors (Lipinski definition) is 4. The Kier molecular flexibility index (Phi) is 7.40. The first-order valence-electron chi connectivity index (χ1n) is 9.75. The van der Waals surface area contributed by atoms with Crippen molar-refractivity contribution in [1.29, 1.82) is 0 Å². The zero-order valence-corrected chi connectivity index (χ0v) is 16.9. The zero-order valence-electron chi connectivity index (χ0n) is 16.9. The Morgan fingerprint density at radius 1 is 1.22 bits per heavy atom. The smallest absolute Gasteiger partial charge is 0.229 e. The van der Waals surface area contributed by atoms with Gasteiger partial charge in [0.15, 0.2) is 0 Å². The Morgan fingerprint density at radius 3 is 2.41 bits per heavy atom. The molecule has 1 heterocycles. The quantitative estimate of drug-likeness (QED) is 0.604. The summed E-state index contributed by atoms with van der Waals surface area (Å²) in [4.78, 5) is 14.1. The second-order valence-corrected chi connectivity index (χ2v) is 8.67. The monoisotopic (exact) mass is 378 g/mol. The molecule has 1 aliphatic rings. The average molecular weight is 379 g/mol. The van der Waals surface area contributed by atoms with Crippen LogP contribution in [0.15, 0.2) is 24.3 Å². The SMILES string of the molecule is CC1C(O)C(O)CN(CCCc2ccc(NC(=O)C(C)(C)C)cc2)C1CO. The summed E-state index contributed by atoms with van der Waals surface area (Å²) in [7, 11) is 0. The van der Waals surface area contributed by atoms with Crippen molar-refractivity contribution in [2.45, 2.75) is 58.8 Å². The fraction of sp³-hybridized carbons (Fsp3) is 0.667. The van der Waals surface area contributed by atoms with E-state index in [-0.39, 0.29) is 24.5 Å². The van der Waals surface area contributed by atoms with Crippen molar-refractivity contribution in [3.63, 3.8) is 0 Å². The molecule has 0 saturated carbocycles. The molecule has 0 aromatic heterocycles. The molecule has 27 heavy (non-hydrogen) atoms. The van der Waals surface area contributed by atoms with Gasteiger partial charge in [0.1, 0.15) is 0 Å². The number of piperidine rings is 1. The van der Waals surface area contributed by atoms with E-state index in [1.807, 2.05) is 52.0 Å². The number of β-amino-alcohol motifs (C(OH)–C–C–N with tert-alkyl or cyclic N) is 1. The second-order valence-electron chi connectivity index (χ2n) is 8.67. The molecule has 0 aliphatic carbocycles. The molecule has 6 heteroatoms. The van der Waals surface area contributed by atoms with Crippen molar-refractivity contribution in [3.8, 4) is 0 Å². The van der Waals surface area contributed by atoms with Crippen molar-refractivity contribution in [3.05, 3.63) is 29.8 Å². The summed E-state index contributed by atoms with van der Waals surface area (Å²) >= 11 is 0. The lowest BCUT2D eigenvalue weighted by Crippen LogP contribution is -2.58. The van der Waals surface area contributed by atoms with Crippen LogP contribution in [0, 0.1) is 11.3 Å². The number of nitrogens with one attached hydrogen (secondary N) is 1. The summed E-state index contributed by atoms with van der Waals surface area (Å²) < 4.78 is 0. The molecule has 4 atom stereocenters. The van der Waals surface area contributed by atoms with E-state index in [1.165, 1.54) is 5.56 Å². The molecule has 0 radical (unpaired) electrons. The van der Waals surface area contributed by atoms with Gasteiger partial charge in [-0.05, 0) is 37.1 Å². The maximum absolute atomic E-state index is 12.0. The Labute approximate surface area is 162 Å². The van der Waals surface area contributed by atoms with E-state index in [0.29, 0.717) is 6.54 Å². The fourth-order valence-electron chi connectivity index (χ4n) is 3.49. The molecule has 152 valence electrons. The molecular weight excluding hydrogens is 344 g/mol. The molecule has 1 aliphatic heterocycles. The second kappa shape index (κ2) is 9.15. The number of amides is 1. The fourth-order valence-corrected chi connectivity index (χ4v) is 3.49. The van der Waals surface area contributed by atoms with Crippen LogP contribution in [-0.2, 0) is 11.2 Å². The molecule has 6 nitrogen and oxygen atoms in total. The number of aliphatic hydroxyl groups excluding tert-OH is 3. The first kappa shape index (κ1) is 21.8. The van der Waals surface area contributed by atoms with Crippen molar-refractivity contribution >= 4 is 11.6 Å². The van der Waals surface area contributed by atoms with E-state index in [4.69, 9.17) is 0 Å². The van der Waals surface area contributed by atoms with Gasteiger partial charge in [-0.1, -0.05) is 39.8 Å². The minimum Gasteiger partial charge on any atom is -0.395 e. The van der Waals surface area contributed by atoms with Gasteiger partial charge in [-0.15, -0.1) is 0 Å². The van der Waals surface area contributed by atoms with Crippen LogP contribution < -0.4 is 5.32 Å². The standard InChI is InChI=1S/C21H34N2O4/c1-14-17(13-24)23(12-18(25)19(14)26)11-5-6-15-7-9-16(10-8-15)22-20(27)21(2,3)4/h7-10,14,17-19,24-26H,5-6,11-13H2,1-4H3,(H,22,27). The number of carbonyl (C=O) groups excluding carboxylic acids is 1. The normalized spacial score (nSPS) is 26.8. The van der Waals surface area contributed by atoms with Crippen molar-refractivity contribution in [2.75, 3.05) is 25.0 Å². The van der Waals surface area contributed by atoms with Crippen LogP contribution in [0.4, 0.5) is 5.69 Å². The molecule has 4 N–H and O–H groups in total. The highest BCUT2D eigenvalue weighted by molar-refractivity contribution is 5.94. The molecule has 1 aromatic carbocycles. The number of hydrogen-bond acceptors (Lipinski definition) is 5. The number of carbonyl (C=O) groups is 1. The number of rotatable bonds is 6. The predicted octanol–water partition coefficient (Wildman–Crippen LogP) is 1.64. The molecule has 0 spiro atoms. The van der Waals surface area contributed by atoms with Gasteiger partial charge >= 0.3 is 0 Å². The topological polar surface area (TPSA) is 93.0 Å².